The summed E-state index contributed by atoms with van der Waals surface area (Å²) in [5.41, 5.74) is 0. The highest BCUT2D eigenvalue weighted by atomic mass is 32.1. The van der Waals surface area contributed by atoms with Gasteiger partial charge in [-0.05, 0) is 19.8 Å². The van der Waals surface area contributed by atoms with Gasteiger partial charge in [0, 0.05) is 30.2 Å². The predicted molar refractivity (Wildman–Crippen MR) is 62.0 cm³/mol. The topological polar surface area (TPSA) is 36.4 Å². The van der Waals surface area contributed by atoms with E-state index in [1.54, 1.807) is 11.3 Å². The molecule has 1 aromatic rings. The van der Waals surface area contributed by atoms with E-state index in [0.717, 1.165) is 18.1 Å². The van der Waals surface area contributed by atoms with E-state index in [9.17, 15) is 0 Å². The van der Waals surface area contributed by atoms with Crippen molar-refractivity contribution in [3.05, 3.63) is 16.1 Å². The number of rotatable bonds is 5. The fourth-order valence-electron chi connectivity index (χ4n) is 1.95. The second-order valence-electron chi connectivity index (χ2n) is 4.12. The SMILES string of the molecule is Cc1ncc(CN(CCO)C2CCC2)s1. The molecule has 1 fully saturated rings. The van der Waals surface area contributed by atoms with Crippen LogP contribution in [0.4, 0.5) is 0 Å². The highest BCUT2D eigenvalue weighted by molar-refractivity contribution is 7.11. The minimum absolute atomic E-state index is 0.258. The van der Waals surface area contributed by atoms with Crippen molar-refractivity contribution in [1.82, 2.24) is 9.88 Å². The lowest BCUT2D eigenvalue weighted by Gasteiger charge is -2.36. The summed E-state index contributed by atoms with van der Waals surface area (Å²) in [4.78, 5) is 7.96. The monoisotopic (exact) mass is 226 g/mol. The Morgan fingerprint density at radius 3 is 2.87 bits per heavy atom. The zero-order valence-electron chi connectivity index (χ0n) is 9.15. The van der Waals surface area contributed by atoms with Gasteiger partial charge in [0.25, 0.3) is 0 Å². The first kappa shape index (κ1) is 11.0. The van der Waals surface area contributed by atoms with Gasteiger partial charge >= 0.3 is 0 Å². The molecule has 1 aromatic heterocycles. The van der Waals surface area contributed by atoms with Gasteiger partial charge in [-0.25, -0.2) is 4.98 Å². The lowest BCUT2D eigenvalue weighted by atomic mass is 9.91. The van der Waals surface area contributed by atoms with Gasteiger partial charge in [0.2, 0.25) is 0 Å². The van der Waals surface area contributed by atoms with Crippen LogP contribution in [0.1, 0.15) is 29.1 Å². The molecule has 0 aliphatic heterocycles. The van der Waals surface area contributed by atoms with Crippen LogP contribution in [0.15, 0.2) is 6.20 Å². The molecule has 4 heteroatoms. The van der Waals surface area contributed by atoms with Crippen LogP contribution in [0.2, 0.25) is 0 Å². The van der Waals surface area contributed by atoms with Crippen molar-refractivity contribution >= 4 is 11.3 Å². The Kier molecular flexibility index (Phi) is 3.72. The van der Waals surface area contributed by atoms with Crippen molar-refractivity contribution < 1.29 is 5.11 Å². The number of aromatic nitrogens is 1. The maximum absolute atomic E-state index is 9.03. The van der Waals surface area contributed by atoms with Crippen LogP contribution in [-0.4, -0.2) is 34.2 Å². The van der Waals surface area contributed by atoms with Crippen LogP contribution in [0.3, 0.4) is 0 Å². The number of hydrogen-bond donors (Lipinski definition) is 1. The normalized spacial score (nSPS) is 17.0. The summed E-state index contributed by atoms with van der Waals surface area (Å²) in [7, 11) is 0. The van der Waals surface area contributed by atoms with E-state index < -0.39 is 0 Å². The standard InChI is InChI=1S/C11H18N2OS/c1-9-12-7-11(15-9)8-13(5-6-14)10-3-2-4-10/h7,10,14H,2-6,8H2,1H3. The first-order valence-corrected chi connectivity index (χ1v) is 6.37. The maximum Gasteiger partial charge on any atom is 0.0897 e. The number of hydrogen-bond acceptors (Lipinski definition) is 4. The molecule has 15 heavy (non-hydrogen) atoms. The van der Waals surface area contributed by atoms with Gasteiger partial charge in [-0.3, -0.25) is 4.90 Å². The smallest absolute Gasteiger partial charge is 0.0897 e. The van der Waals surface area contributed by atoms with Crippen molar-refractivity contribution in [3.63, 3.8) is 0 Å². The summed E-state index contributed by atoms with van der Waals surface area (Å²) in [6, 6.07) is 0.694. The number of aliphatic hydroxyl groups is 1. The first-order chi connectivity index (χ1) is 7.29. The summed E-state index contributed by atoms with van der Waals surface area (Å²) in [5.74, 6) is 0. The molecule has 0 aromatic carbocycles. The van der Waals surface area contributed by atoms with Gasteiger partial charge in [-0.1, -0.05) is 6.42 Å². The molecule has 2 rings (SSSR count). The molecule has 0 saturated heterocycles. The minimum Gasteiger partial charge on any atom is -0.395 e. The van der Waals surface area contributed by atoms with Crippen molar-refractivity contribution in [2.75, 3.05) is 13.2 Å². The highest BCUT2D eigenvalue weighted by Gasteiger charge is 2.24. The summed E-state index contributed by atoms with van der Waals surface area (Å²) in [6.45, 7) is 4.04. The van der Waals surface area contributed by atoms with E-state index in [4.69, 9.17) is 5.11 Å². The molecule has 0 unspecified atom stereocenters. The molecule has 0 atom stereocenters. The summed E-state index contributed by atoms with van der Waals surface area (Å²) in [6.07, 6.45) is 5.88. The molecular formula is C11H18N2OS. The van der Waals surface area contributed by atoms with Crippen LogP contribution < -0.4 is 0 Å². The highest BCUT2D eigenvalue weighted by Crippen LogP contribution is 2.26. The molecule has 3 nitrogen and oxygen atoms in total. The third kappa shape index (κ3) is 2.77. The molecule has 84 valence electrons. The molecule has 0 bridgehead atoms. The van der Waals surface area contributed by atoms with Crippen LogP contribution in [-0.2, 0) is 6.54 Å². The first-order valence-electron chi connectivity index (χ1n) is 5.56. The molecule has 1 aliphatic carbocycles. The summed E-state index contributed by atoms with van der Waals surface area (Å²) < 4.78 is 0. The quantitative estimate of drug-likeness (QED) is 0.831. The van der Waals surface area contributed by atoms with Gasteiger partial charge in [0.15, 0.2) is 0 Å². The van der Waals surface area contributed by atoms with Gasteiger partial charge in [0.1, 0.15) is 0 Å². The third-order valence-corrected chi connectivity index (χ3v) is 3.90. The number of thiazole rings is 1. The van der Waals surface area contributed by atoms with E-state index in [1.807, 2.05) is 13.1 Å². The maximum atomic E-state index is 9.03. The molecule has 1 heterocycles. The fraction of sp³-hybridized carbons (Fsp3) is 0.727. The number of aryl methyl sites for hydroxylation is 1. The van der Waals surface area contributed by atoms with E-state index >= 15 is 0 Å². The van der Waals surface area contributed by atoms with Crippen molar-refractivity contribution in [1.29, 1.82) is 0 Å². The van der Waals surface area contributed by atoms with E-state index in [0.29, 0.717) is 6.04 Å². The second-order valence-corrected chi connectivity index (χ2v) is 5.44. The van der Waals surface area contributed by atoms with E-state index in [-0.39, 0.29) is 6.61 Å². The lowest BCUT2D eigenvalue weighted by molar-refractivity contribution is 0.0955. The van der Waals surface area contributed by atoms with Crippen molar-refractivity contribution in [3.8, 4) is 0 Å². The Morgan fingerprint density at radius 2 is 2.40 bits per heavy atom. The zero-order chi connectivity index (χ0) is 10.7. The summed E-state index contributed by atoms with van der Waals surface area (Å²) in [5, 5.41) is 10.2. The van der Waals surface area contributed by atoms with Crippen LogP contribution >= 0.6 is 11.3 Å². The second kappa shape index (κ2) is 5.05. The third-order valence-electron chi connectivity index (χ3n) is 3.01. The fourth-order valence-corrected chi connectivity index (χ4v) is 2.77. The van der Waals surface area contributed by atoms with Gasteiger partial charge in [0.05, 0.1) is 11.6 Å². The van der Waals surface area contributed by atoms with Crippen LogP contribution in [0.25, 0.3) is 0 Å². The van der Waals surface area contributed by atoms with E-state index in [1.165, 1.54) is 24.1 Å². The molecule has 1 saturated carbocycles. The average Bonchev–Trinajstić information content (AvgIpc) is 2.48. The molecule has 1 aliphatic rings. The van der Waals surface area contributed by atoms with Gasteiger partial charge in [-0.15, -0.1) is 11.3 Å². The Bertz CT molecular complexity index is 309. The predicted octanol–water partition coefficient (Wildman–Crippen LogP) is 1.80. The van der Waals surface area contributed by atoms with Gasteiger partial charge in [-0.2, -0.15) is 0 Å². The Labute approximate surface area is 94.8 Å². The van der Waals surface area contributed by atoms with Crippen molar-refractivity contribution in [2.45, 2.75) is 38.8 Å². The van der Waals surface area contributed by atoms with Crippen LogP contribution in [0.5, 0.6) is 0 Å². The molecule has 0 amide bonds. The van der Waals surface area contributed by atoms with Crippen molar-refractivity contribution in [2.24, 2.45) is 0 Å². The molecule has 0 radical (unpaired) electrons. The van der Waals surface area contributed by atoms with Crippen LogP contribution in [0, 0.1) is 6.92 Å². The van der Waals surface area contributed by atoms with Gasteiger partial charge < -0.3 is 5.11 Å². The Morgan fingerprint density at radius 1 is 1.60 bits per heavy atom. The average molecular weight is 226 g/mol. The Hall–Kier alpha value is -0.450. The molecule has 0 spiro atoms. The lowest BCUT2D eigenvalue weighted by Crippen LogP contribution is -2.41. The zero-order valence-corrected chi connectivity index (χ0v) is 9.96. The largest absolute Gasteiger partial charge is 0.395 e. The number of aliphatic hydroxyl groups excluding tert-OH is 1. The minimum atomic E-state index is 0.258. The molecular weight excluding hydrogens is 208 g/mol. The van der Waals surface area contributed by atoms with E-state index in [2.05, 4.69) is 9.88 Å². The number of nitrogens with zero attached hydrogens (tertiary/aromatic N) is 2. The molecule has 1 N–H and O–H groups in total. The summed E-state index contributed by atoms with van der Waals surface area (Å²) >= 11 is 1.76. The Balaban J connectivity index is 1.93.